The topological polar surface area (TPSA) is 83.8 Å². The number of hydrogen-bond donors (Lipinski definition) is 2. The first-order valence-electron chi connectivity index (χ1n) is 4.83. The monoisotopic (exact) mass is 296 g/mol. The standard InChI is InChI=1S/C10H9BrN4O2/c11-8-2-1-7(15(16)17)5-9(8)14-6-10-12-3-4-13-10/h1-5,14H,6H2,(H,12,13). The highest BCUT2D eigenvalue weighted by atomic mass is 79.9. The Balaban J connectivity index is 2.14. The van der Waals surface area contributed by atoms with E-state index >= 15 is 0 Å². The van der Waals surface area contributed by atoms with Crippen molar-refractivity contribution in [1.29, 1.82) is 0 Å². The minimum Gasteiger partial charge on any atom is -0.377 e. The van der Waals surface area contributed by atoms with Crippen LogP contribution in [0, 0.1) is 10.1 Å². The van der Waals surface area contributed by atoms with Gasteiger partial charge in [0.1, 0.15) is 5.82 Å². The molecule has 0 aliphatic carbocycles. The highest BCUT2D eigenvalue weighted by Crippen LogP contribution is 2.27. The second-order valence-electron chi connectivity index (χ2n) is 3.31. The van der Waals surface area contributed by atoms with Crippen LogP contribution in [-0.2, 0) is 6.54 Å². The molecule has 88 valence electrons. The molecule has 7 heteroatoms. The Morgan fingerprint density at radius 1 is 1.53 bits per heavy atom. The molecular weight excluding hydrogens is 288 g/mol. The molecule has 0 unspecified atom stereocenters. The van der Waals surface area contributed by atoms with Crippen LogP contribution in [0.2, 0.25) is 0 Å². The number of anilines is 1. The second kappa shape index (κ2) is 4.96. The lowest BCUT2D eigenvalue weighted by Gasteiger charge is -2.06. The zero-order valence-electron chi connectivity index (χ0n) is 8.68. The predicted octanol–water partition coefficient (Wildman–Crippen LogP) is 2.69. The first-order valence-corrected chi connectivity index (χ1v) is 5.62. The Hall–Kier alpha value is -1.89. The maximum absolute atomic E-state index is 10.6. The van der Waals surface area contributed by atoms with E-state index in [4.69, 9.17) is 0 Å². The lowest BCUT2D eigenvalue weighted by atomic mass is 10.3. The molecule has 0 saturated carbocycles. The van der Waals surface area contributed by atoms with Crippen LogP contribution < -0.4 is 5.32 Å². The summed E-state index contributed by atoms with van der Waals surface area (Å²) in [4.78, 5) is 17.2. The quantitative estimate of drug-likeness (QED) is 0.671. The van der Waals surface area contributed by atoms with Crippen molar-refractivity contribution < 1.29 is 4.92 Å². The van der Waals surface area contributed by atoms with Crippen molar-refractivity contribution >= 4 is 27.3 Å². The maximum Gasteiger partial charge on any atom is 0.271 e. The Morgan fingerprint density at radius 3 is 3.00 bits per heavy atom. The number of nitro groups is 1. The summed E-state index contributed by atoms with van der Waals surface area (Å²) < 4.78 is 0.773. The van der Waals surface area contributed by atoms with E-state index in [9.17, 15) is 10.1 Å². The highest BCUT2D eigenvalue weighted by Gasteiger charge is 2.09. The van der Waals surface area contributed by atoms with Crippen molar-refractivity contribution in [3.63, 3.8) is 0 Å². The molecule has 6 nitrogen and oxygen atoms in total. The van der Waals surface area contributed by atoms with E-state index in [0.29, 0.717) is 12.2 Å². The van der Waals surface area contributed by atoms with Gasteiger partial charge < -0.3 is 10.3 Å². The fourth-order valence-corrected chi connectivity index (χ4v) is 1.72. The van der Waals surface area contributed by atoms with Gasteiger partial charge in [0.25, 0.3) is 5.69 Å². The summed E-state index contributed by atoms with van der Waals surface area (Å²) in [5.74, 6) is 0.767. The maximum atomic E-state index is 10.6. The largest absolute Gasteiger partial charge is 0.377 e. The molecule has 2 rings (SSSR count). The molecule has 1 heterocycles. The first-order chi connectivity index (χ1) is 8.16. The van der Waals surface area contributed by atoms with E-state index in [1.54, 1.807) is 18.5 Å². The van der Waals surface area contributed by atoms with Gasteiger partial charge in [0, 0.05) is 29.0 Å². The fourth-order valence-electron chi connectivity index (χ4n) is 1.34. The lowest BCUT2D eigenvalue weighted by molar-refractivity contribution is -0.384. The van der Waals surface area contributed by atoms with E-state index in [0.717, 1.165) is 10.3 Å². The number of rotatable bonds is 4. The number of nitrogens with zero attached hydrogens (tertiary/aromatic N) is 2. The summed E-state index contributed by atoms with van der Waals surface area (Å²) in [5.41, 5.74) is 0.714. The molecule has 0 fully saturated rings. The molecule has 1 aromatic heterocycles. The average molecular weight is 297 g/mol. The number of halogens is 1. The van der Waals surface area contributed by atoms with E-state index in [1.807, 2.05) is 0 Å². The number of aromatic amines is 1. The van der Waals surface area contributed by atoms with E-state index in [-0.39, 0.29) is 5.69 Å². The van der Waals surface area contributed by atoms with Crippen molar-refractivity contribution in [3.8, 4) is 0 Å². The van der Waals surface area contributed by atoms with Crippen LogP contribution in [-0.4, -0.2) is 14.9 Å². The Morgan fingerprint density at radius 2 is 2.35 bits per heavy atom. The molecule has 2 aromatic rings. The van der Waals surface area contributed by atoms with Gasteiger partial charge in [-0.05, 0) is 22.0 Å². The number of non-ortho nitro benzene ring substituents is 1. The Kier molecular flexibility index (Phi) is 3.38. The zero-order valence-corrected chi connectivity index (χ0v) is 10.3. The summed E-state index contributed by atoms with van der Waals surface area (Å²) in [6.07, 6.45) is 3.37. The van der Waals surface area contributed by atoms with E-state index in [1.165, 1.54) is 12.1 Å². The first kappa shape index (κ1) is 11.6. The van der Waals surface area contributed by atoms with Gasteiger partial charge >= 0.3 is 0 Å². The summed E-state index contributed by atoms with van der Waals surface area (Å²) >= 11 is 3.33. The third-order valence-electron chi connectivity index (χ3n) is 2.16. The van der Waals surface area contributed by atoms with Crippen LogP contribution in [0.1, 0.15) is 5.82 Å². The summed E-state index contributed by atoms with van der Waals surface area (Å²) in [5, 5.41) is 13.7. The number of imidazole rings is 1. The molecule has 0 bridgehead atoms. The summed E-state index contributed by atoms with van der Waals surface area (Å²) in [6.45, 7) is 0.479. The molecule has 0 aliphatic rings. The van der Waals surface area contributed by atoms with Crippen molar-refractivity contribution in [2.45, 2.75) is 6.54 Å². The molecule has 0 spiro atoms. The highest BCUT2D eigenvalue weighted by molar-refractivity contribution is 9.10. The molecule has 17 heavy (non-hydrogen) atoms. The molecule has 0 radical (unpaired) electrons. The van der Waals surface area contributed by atoms with Crippen LogP contribution in [0.4, 0.5) is 11.4 Å². The van der Waals surface area contributed by atoms with Crippen LogP contribution in [0.3, 0.4) is 0 Å². The number of nitrogens with one attached hydrogen (secondary N) is 2. The predicted molar refractivity (Wildman–Crippen MR) is 66.7 cm³/mol. The van der Waals surface area contributed by atoms with Crippen LogP contribution >= 0.6 is 15.9 Å². The Labute approximate surface area is 105 Å². The second-order valence-corrected chi connectivity index (χ2v) is 4.17. The molecular formula is C10H9BrN4O2. The summed E-state index contributed by atoms with van der Waals surface area (Å²) in [6, 6.07) is 4.57. The molecule has 0 aliphatic heterocycles. The van der Waals surface area contributed by atoms with Crippen molar-refractivity contribution in [3.05, 3.63) is 51.0 Å². The number of benzene rings is 1. The number of hydrogen-bond acceptors (Lipinski definition) is 4. The smallest absolute Gasteiger partial charge is 0.271 e. The van der Waals surface area contributed by atoms with Crippen molar-refractivity contribution in [2.75, 3.05) is 5.32 Å². The molecule has 1 aromatic carbocycles. The number of aromatic nitrogens is 2. The van der Waals surface area contributed by atoms with Crippen LogP contribution in [0.15, 0.2) is 35.1 Å². The lowest BCUT2D eigenvalue weighted by Crippen LogP contribution is -2.02. The average Bonchev–Trinajstić information content (AvgIpc) is 2.80. The minimum absolute atomic E-state index is 0.0511. The van der Waals surface area contributed by atoms with Gasteiger partial charge in [0.2, 0.25) is 0 Å². The van der Waals surface area contributed by atoms with Gasteiger partial charge in [0.15, 0.2) is 0 Å². The molecule has 0 atom stereocenters. The minimum atomic E-state index is -0.426. The fraction of sp³-hybridized carbons (Fsp3) is 0.100. The third-order valence-corrected chi connectivity index (χ3v) is 2.85. The summed E-state index contributed by atoms with van der Waals surface area (Å²) in [7, 11) is 0. The normalized spacial score (nSPS) is 10.2. The number of nitro benzene ring substituents is 1. The van der Waals surface area contributed by atoms with Gasteiger partial charge in [-0.15, -0.1) is 0 Å². The van der Waals surface area contributed by atoms with Crippen LogP contribution in [0.5, 0.6) is 0 Å². The number of H-pyrrole nitrogens is 1. The molecule has 2 N–H and O–H groups in total. The van der Waals surface area contributed by atoms with Gasteiger partial charge in [-0.1, -0.05) is 0 Å². The van der Waals surface area contributed by atoms with Gasteiger partial charge in [-0.3, -0.25) is 10.1 Å². The van der Waals surface area contributed by atoms with Gasteiger partial charge in [-0.25, -0.2) is 4.98 Å². The van der Waals surface area contributed by atoms with E-state index < -0.39 is 4.92 Å². The Bertz CT molecular complexity index is 527. The van der Waals surface area contributed by atoms with Crippen LogP contribution in [0.25, 0.3) is 0 Å². The van der Waals surface area contributed by atoms with E-state index in [2.05, 4.69) is 31.2 Å². The molecule has 0 saturated heterocycles. The molecule has 0 amide bonds. The van der Waals surface area contributed by atoms with Gasteiger partial charge in [0.05, 0.1) is 17.2 Å². The third kappa shape index (κ3) is 2.82. The van der Waals surface area contributed by atoms with Crippen molar-refractivity contribution in [1.82, 2.24) is 9.97 Å². The zero-order chi connectivity index (χ0) is 12.3. The van der Waals surface area contributed by atoms with Gasteiger partial charge in [-0.2, -0.15) is 0 Å². The van der Waals surface area contributed by atoms with Crippen molar-refractivity contribution in [2.24, 2.45) is 0 Å². The SMILES string of the molecule is O=[N+]([O-])c1ccc(Br)c(NCc2ncc[nH]2)c1.